The van der Waals surface area contributed by atoms with Gasteiger partial charge in [-0.2, -0.15) is 0 Å². The molecule has 2 bridgehead atoms. The summed E-state index contributed by atoms with van der Waals surface area (Å²) < 4.78 is 4.78. The number of carbonyl (C=O) groups excluding carboxylic acids is 2. The zero-order valence-electron chi connectivity index (χ0n) is 9.47. The van der Waals surface area contributed by atoms with E-state index in [1.54, 1.807) is 6.08 Å². The van der Waals surface area contributed by atoms with E-state index in [1.165, 1.54) is 12.2 Å². The van der Waals surface area contributed by atoms with Gasteiger partial charge in [-0.05, 0) is 30.9 Å². The van der Waals surface area contributed by atoms with Gasteiger partial charge in [-0.25, -0.2) is 0 Å². The summed E-state index contributed by atoms with van der Waals surface area (Å²) in [5.74, 6) is 9.84. The van der Waals surface area contributed by atoms with Crippen LogP contribution in [0.1, 0.15) is 12.8 Å². The maximum Gasteiger partial charge on any atom is 0.294 e. The van der Waals surface area contributed by atoms with Crippen LogP contribution in [-0.2, 0) is 14.3 Å². The highest BCUT2D eigenvalue weighted by Gasteiger charge is 2.41. The number of Topliss-reactive ketones (excluding diaryl/α,β-unsaturated/α-hetero) is 1. The lowest BCUT2D eigenvalue weighted by Crippen LogP contribution is -2.43. The Bertz CT molecular complexity index is 562. The summed E-state index contributed by atoms with van der Waals surface area (Å²) in [5.41, 5.74) is -1.52. The van der Waals surface area contributed by atoms with E-state index in [4.69, 9.17) is 4.74 Å². The smallest absolute Gasteiger partial charge is 0.294 e. The van der Waals surface area contributed by atoms with Crippen molar-refractivity contribution in [2.75, 3.05) is 0 Å². The third-order valence-electron chi connectivity index (χ3n) is 2.73. The molecule has 2 rings (SSSR count). The Morgan fingerprint density at radius 3 is 3.00 bits per heavy atom. The van der Waals surface area contributed by atoms with Crippen LogP contribution < -0.4 is 0 Å². The van der Waals surface area contributed by atoms with E-state index < -0.39 is 17.5 Å². The van der Waals surface area contributed by atoms with Gasteiger partial charge in [-0.1, -0.05) is 23.8 Å². The minimum Gasteiger partial charge on any atom is -0.446 e. The van der Waals surface area contributed by atoms with Gasteiger partial charge in [0.1, 0.15) is 0 Å². The minimum absolute atomic E-state index is 0.188. The number of ketones is 1. The molecule has 0 amide bonds. The van der Waals surface area contributed by atoms with Crippen molar-refractivity contribution in [2.24, 2.45) is 0 Å². The normalized spacial score (nSPS) is 29.1. The number of fused-ring (bicyclic) bond motifs is 2. The molecule has 4 nitrogen and oxygen atoms in total. The number of allylic oxidation sites excluding steroid dienone is 3. The number of hydrogen-bond donors (Lipinski definition) is 1. The number of carbonyl (C=O) groups is 2. The Hall–Kier alpha value is -2.30. The number of aliphatic hydroxyl groups is 1. The van der Waals surface area contributed by atoms with E-state index in [0.717, 1.165) is 0 Å². The molecular weight excluding hydrogens is 232 g/mol. The Balaban J connectivity index is 2.50. The van der Waals surface area contributed by atoms with Gasteiger partial charge in [0.25, 0.3) is 6.47 Å². The lowest BCUT2D eigenvalue weighted by atomic mass is 9.81. The highest BCUT2D eigenvalue weighted by atomic mass is 16.5. The van der Waals surface area contributed by atoms with Gasteiger partial charge in [-0.3, -0.25) is 9.59 Å². The molecule has 0 saturated carbocycles. The van der Waals surface area contributed by atoms with E-state index in [-0.39, 0.29) is 18.5 Å². The van der Waals surface area contributed by atoms with Crippen LogP contribution in [-0.4, -0.2) is 29.1 Å². The molecule has 0 fully saturated rings. The predicted molar refractivity (Wildman–Crippen MR) is 62.9 cm³/mol. The van der Waals surface area contributed by atoms with Gasteiger partial charge in [-0.15, -0.1) is 0 Å². The minimum atomic E-state index is -1.71. The molecule has 0 aromatic carbocycles. The quantitative estimate of drug-likeness (QED) is 0.552. The highest BCUT2D eigenvalue weighted by molar-refractivity contribution is 6.06. The molecule has 90 valence electrons. The SMILES string of the molecule is O=COC1C#CC=CC#CC2(O)CCC=C1C2=O. The molecule has 0 radical (unpaired) electrons. The highest BCUT2D eigenvalue weighted by Crippen LogP contribution is 2.27. The third-order valence-corrected chi connectivity index (χ3v) is 2.73. The van der Waals surface area contributed by atoms with Gasteiger partial charge in [0, 0.05) is 5.57 Å². The molecule has 0 aromatic heterocycles. The van der Waals surface area contributed by atoms with Crippen LogP contribution in [0.4, 0.5) is 0 Å². The molecule has 4 heteroatoms. The van der Waals surface area contributed by atoms with E-state index in [2.05, 4.69) is 23.7 Å². The first-order valence-corrected chi connectivity index (χ1v) is 5.42. The lowest BCUT2D eigenvalue weighted by molar-refractivity contribution is -0.134. The predicted octanol–water partition coefficient (Wildman–Crippen LogP) is 0.125. The summed E-state index contributed by atoms with van der Waals surface area (Å²) in [5, 5.41) is 10.2. The molecule has 0 heterocycles. The fourth-order valence-electron chi connectivity index (χ4n) is 1.84. The first-order chi connectivity index (χ1) is 8.67. The Morgan fingerprint density at radius 1 is 1.44 bits per heavy atom. The zero-order chi connectivity index (χ0) is 13.0. The molecule has 18 heavy (non-hydrogen) atoms. The number of hydrogen-bond acceptors (Lipinski definition) is 4. The van der Waals surface area contributed by atoms with Crippen LogP contribution in [0.25, 0.3) is 0 Å². The molecule has 0 spiro atoms. The second kappa shape index (κ2) is 4.91. The van der Waals surface area contributed by atoms with Crippen molar-refractivity contribution in [3.63, 3.8) is 0 Å². The summed E-state index contributed by atoms with van der Waals surface area (Å²) in [6, 6.07) is 0. The summed E-state index contributed by atoms with van der Waals surface area (Å²) in [6.45, 7) is 0.238. The average Bonchev–Trinajstić information content (AvgIpc) is 2.35. The maximum atomic E-state index is 12.1. The maximum absolute atomic E-state index is 12.1. The van der Waals surface area contributed by atoms with E-state index in [0.29, 0.717) is 6.42 Å². The third kappa shape index (κ3) is 2.20. The van der Waals surface area contributed by atoms with Crippen LogP contribution in [0.5, 0.6) is 0 Å². The molecular formula is C14H10O4. The van der Waals surface area contributed by atoms with E-state index in [9.17, 15) is 14.7 Å². The van der Waals surface area contributed by atoms with Gasteiger partial charge >= 0.3 is 0 Å². The van der Waals surface area contributed by atoms with Crippen molar-refractivity contribution in [2.45, 2.75) is 24.5 Å². The average molecular weight is 242 g/mol. The van der Waals surface area contributed by atoms with Crippen molar-refractivity contribution in [3.05, 3.63) is 23.8 Å². The van der Waals surface area contributed by atoms with Crippen molar-refractivity contribution in [3.8, 4) is 23.7 Å². The zero-order valence-corrected chi connectivity index (χ0v) is 9.47. The number of rotatable bonds is 2. The van der Waals surface area contributed by atoms with E-state index in [1.807, 2.05) is 0 Å². The van der Waals surface area contributed by atoms with Crippen molar-refractivity contribution < 1.29 is 19.4 Å². The first-order valence-electron chi connectivity index (χ1n) is 5.42. The monoisotopic (exact) mass is 242 g/mol. The van der Waals surface area contributed by atoms with Gasteiger partial charge < -0.3 is 9.84 Å². The fraction of sp³-hybridized carbons (Fsp3) is 0.286. The Labute approximate surface area is 104 Å². The molecule has 2 aliphatic rings. The standard InChI is InChI=1S/C14H10O4/c15-10-18-12-7-3-1-2-4-8-14(17)9-5-6-11(12)13(14)16/h1-2,6,10,12,17H,5,9H2. The van der Waals surface area contributed by atoms with Crippen LogP contribution in [0, 0.1) is 23.7 Å². The van der Waals surface area contributed by atoms with Crippen molar-refractivity contribution in [1.82, 2.24) is 0 Å². The van der Waals surface area contributed by atoms with Gasteiger partial charge in [0.15, 0.2) is 11.7 Å². The Morgan fingerprint density at radius 2 is 2.22 bits per heavy atom. The molecule has 2 atom stereocenters. The largest absolute Gasteiger partial charge is 0.446 e. The summed E-state index contributed by atoms with van der Waals surface area (Å²) in [7, 11) is 0. The van der Waals surface area contributed by atoms with Crippen LogP contribution in [0.15, 0.2) is 23.8 Å². The molecule has 2 aliphatic carbocycles. The number of ether oxygens (including phenoxy) is 1. The molecule has 1 N–H and O–H groups in total. The van der Waals surface area contributed by atoms with Gasteiger partial charge in [0.2, 0.25) is 5.78 Å². The van der Waals surface area contributed by atoms with Crippen LogP contribution >= 0.6 is 0 Å². The lowest BCUT2D eigenvalue weighted by Gasteiger charge is -2.27. The summed E-state index contributed by atoms with van der Waals surface area (Å²) >= 11 is 0. The first kappa shape index (κ1) is 12.2. The molecule has 0 saturated heterocycles. The fourth-order valence-corrected chi connectivity index (χ4v) is 1.84. The summed E-state index contributed by atoms with van der Waals surface area (Å²) in [6.07, 6.45) is 4.31. The topological polar surface area (TPSA) is 63.6 Å². The van der Waals surface area contributed by atoms with Crippen molar-refractivity contribution >= 4 is 12.3 Å². The molecule has 2 unspecified atom stereocenters. The van der Waals surface area contributed by atoms with Crippen LogP contribution in [0.3, 0.4) is 0 Å². The van der Waals surface area contributed by atoms with E-state index >= 15 is 0 Å². The molecule has 0 aliphatic heterocycles. The summed E-state index contributed by atoms with van der Waals surface area (Å²) in [4.78, 5) is 22.6. The second-order valence-corrected chi connectivity index (χ2v) is 3.89. The Kier molecular flexibility index (Phi) is 3.32. The van der Waals surface area contributed by atoms with Crippen molar-refractivity contribution in [1.29, 1.82) is 0 Å². The van der Waals surface area contributed by atoms with Gasteiger partial charge in [0.05, 0.1) is 0 Å². The van der Waals surface area contributed by atoms with Crippen LogP contribution in [0.2, 0.25) is 0 Å². The molecule has 0 aromatic rings. The second-order valence-electron chi connectivity index (χ2n) is 3.89.